The van der Waals surface area contributed by atoms with E-state index in [4.69, 9.17) is 17.2 Å². The van der Waals surface area contributed by atoms with E-state index in [0.717, 1.165) is 69.7 Å². The number of aromatic nitrogens is 6. The number of carbonyl (C=O) groups is 3. The lowest BCUT2D eigenvalue weighted by Crippen LogP contribution is -2.35. The largest absolute Gasteiger partial charge is 0.385 e. The molecule has 6 aromatic rings. The molecule has 9 N–H and O–H groups in total. The Balaban J connectivity index is 0.000000140. The van der Waals surface area contributed by atoms with E-state index < -0.39 is 30.1 Å². The second-order valence-corrected chi connectivity index (χ2v) is 28.3. The molecule has 6 aliphatic rings. The maximum atomic E-state index is 13.3. The van der Waals surface area contributed by atoms with Gasteiger partial charge in [0.05, 0.1) is 73.2 Å². The molecule has 0 bridgehead atoms. The van der Waals surface area contributed by atoms with Gasteiger partial charge in [0, 0.05) is 73.0 Å². The van der Waals surface area contributed by atoms with Gasteiger partial charge >= 0.3 is 0 Å². The zero-order valence-corrected chi connectivity index (χ0v) is 50.8. The summed E-state index contributed by atoms with van der Waals surface area (Å²) in [6, 6.07) is 18.5. The van der Waals surface area contributed by atoms with Crippen LogP contribution in [0.5, 0.6) is 0 Å². The predicted molar refractivity (Wildman–Crippen MR) is 324 cm³/mol. The van der Waals surface area contributed by atoms with Crippen LogP contribution in [0.1, 0.15) is 139 Å². The first-order valence-electron chi connectivity index (χ1n) is 28.5. The molecule has 1 unspecified atom stereocenters. The summed E-state index contributed by atoms with van der Waals surface area (Å²) in [5.74, 6) is -0.441. The normalized spacial score (nSPS) is 19.6. The first-order valence-corrected chi connectivity index (χ1v) is 34.1. The van der Waals surface area contributed by atoms with Crippen molar-refractivity contribution >= 4 is 82.3 Å². The van der Waals surface area contributed by atoms with E-state index in [-0.39, 0.29) is 55.1 Å². The van der Waals surface area contributed by atoms with E-state index in [1.54, 1.807) is 0 Å². The molecule has 9 heterocycles. The molecule has 0 saturated carbocycles. The Hall–Kier alpha value is -7.17. The number of hydrogen-bond donors (Lipinski definition) is 6. The number of fused-ring (bicyclic) bond motifs is 6. The quantitative estimate of drug-likeness (QED) is 0.114. The zero-order chi connectivity index (χ0) is 60.2. The van der Waals surface area contributed by atoms with Crippen molar-refractivity contribution in [3.8, 4) is 0 Å². The van der Waals surface area contributed by atoms with E-state index in [2.05, 4.69) is 88.4 Å². The molecule has 0 fully saturated rings. The fourth-order valence-corrected chi connectivity index (χ4v) is 14.4. The Kier molecular flexibility index (Phi) is 16.9. The number of sulfonamides is 3. The summed E-state index contributed by atoms with van der Waals surface area (Å²) in [5.41, 5.74) is 32.2. The minimum atomic E-state index is -3.31. The molecule has 27 heteroatoms. The fourth-order valence-electron chi connectivity index (χ4n) is 12.1. The van der Waals surface area contributed by atoms with Gasteiger partial charge in [0.25, 0.3) is 17.7 Å². The molecule has 0 radical (unpaired) electrons. The van der Waals surface area contributed by atoms with E-state index in [9.17, 15) is 39.6 Å². The molecule has 84 heavy (non-hydrogen) atoms. The fraction of sp³-hybridized carbons (Fsp3) is 0.474. The number of nitrogens with zero attached hydrogens (tertiary/aromatic N) is 9. The Bertz CT molecular complexity index is 3530. The molecule has 0 aliphatic carbocycles. The summed E-state index contributed by atoms with van der Waals surface area (Å²) in [5, 5.41) is 23.3. The van der Waals surface area contributed by atoms with Gasteiger partial charge in [-0.3, -0.25) is 14.4 Å². The molecule has 3 atom stereocenters. The molecule has 0 saturated heterocycles. The Morgan fingerprint density at radius 1 is 0.464 bits per heavy atom. The lowest BCUT2D eigenvalue weighted by molar-refractivity contribution is 0.0851. The molecule has 3 aromatic carbocycles. The van der Waals surface area contributed by atoms with Crippen LogP contribution in [-0.4, -0.2) is 143 Å². The third-order valence-electron chi connectivity index (χ3n) is 17.0. The molecule has 450 valence electrons. The van der Waals surface area contributed by atoms with Gasteiger partial charge in [0.2, 0.25) is 30.1 Å². The first kappa shape index (κ1) is 60.0. The minimum Gasteiger partial charge on any atom is -0.385 e. The third kappa shape index (κ3) is 11.9. The smallest absolute Gasteiger partial charge is 0.256 e. The molecule has 6 aliphatic heterocycles. The lowest BCUT2D eigenvalue weighted by Gasteiger charge is -2.26. The number of anilines is 6. The van der Waals surface area contributed by atoms with Crippen molar-refractivity contribution in [1.82, 2.24) is 42.3 Å². The van der Waals surface area contributed by atoms with Gasteiger partial charge in [0.15, 0.2) is 0 Å². The van der Waals surface area contributed by atoms with Gasteiger partial charge in [-0.25, -0.2) is 25.3 Å². The number of nitrogens with one attached hydrogen (secondary N) is 3. The summed E-state index contributed by atoms with van der Waals surface area (Å²) in [7, 11) is -9.93. The van der Waals surface area contributed by atoms with Crippen LogP contribution in [0.15, 0.2) is 54.6 Å². The molecule has 3 aromatic heterocycles. The first-order chi connectivity index (χ1) is 39.9. The topological polar surface area (TPSA) is 331 Å². The predicted octanol–water partition coefficient (Wildman–Crippen LogP) is 4.76. The van der Waals surface area contributed by atoms with Crippen molar-refractivity contribution in [1.29, 1.82) is 0 Å². The van der Waals surface area contributed by atoms with Crippen molar-refractivity contribution in [3.63, 3.8) is 0 Å². The van der Waals surface area contributed by atoms with Gasteiger partial charge in [-0.1, -0.05) is 57.2 Å². The van der Waals surface area contributed by atoms with Crippen molar-refractivity contribution in [2.24, 2.45) is 0 Å². The second-order valence-electron chi connectivity index (χ2n) is 22.4. The maximum Gasteiger partial charge on any atom is 0.256 e. The Labute approximate surface area is 490 Å². The maximum absolute atomic E-state index is 13.3. The second kappa shape index (κ2) is 23.7. The number of carbonyl (C=O) groups excluding carboxylic acids is 3. The monoisotopic (exact) mass is 1210 g/mol. The molecule has 12 rings (SSSR count). The van der Waals surface area contributed by atoms with Gasteiger partial charge in [-0.05, 0) is 109 Å². The van der Waals surface area contributed by atoms with Gasteiger partial charge < -0.3 is 33.2 Å². The van der Waals surface area contributed by atoms with E-state index in [0.29, 0.717) is 112 Å². The highest BCUT2D eigenvalue weighted by Gasteiger charge is 2.38. The number of hydrogen-bond acceptors (Lipinski definition) is 18. The molecular weight excluding hydrogens is 1130 g/mol. The minimum absolute atomic E-state index is 0.154. The van der Waals surface area contributed by atoms with Crippen LogP contribution in [0.2, 0.25) is 0 Å². The van der Waals surface area contributed by atoms with Crippen LogP contribution >= 0.6 is 0 Å². The summed E-state index contributed by atoms with van der Waals surface area (Å²) < 4.78 is 79.1. The van der Waals surface area contributed by atoms with Crippen molar-refractivity contribution in [3.05, 3.63) is 122 Å². The standard InChI is InChI=1S/3C19H25N5O3S/c3*1-3-12-4-5-16-15(10-12)13(6-8-21-16)19(25)24-18(20)14-7-9-23(28(2,26)27)11-17(14)22-24/h3*4-5,10,13,21H,3,6-9,11,20H2,1-2H3/t2*13-;/m10./s1. The molecule has 24 nitrogen and oxygen atoms in total. The Morgan fingerprint density at radius 3 is 0.964 bits per heavy atom. The average Bonchev–Trinajstić information content (AvgIpc) is 3.39. The molecular formula is C57H75N15O9S3. The average molecular weight is 1210 g/mol. The number of aryl methyl sites for hydroxylation is 3. The van der Waals surface area contributed by atoms with Crippen LogP contribution < -0.4 is 33.2 Å². The number of nitrogens with two attached hydrogens (primary N) is 3. The summed E-state index contributed by atoms with van der Waals surface area (Å²) >= 11 is 0. The highest BCUT2D eigenvalue weighted by Crippen LogP contribution is 2.39. The van der Waals surface area contributed by atoms with E-state index >= 15 is 0 Å². The summed E-state index contributed by atoms with van der Waals surface area (Å²) in [6.07, 6.45) is 9.62. The summed E-state index contributed by atoms with van der Waals surface area (Å²) in [6.45, 7) is 9.90. The number of nitrogen functional groups attached to an aromatic ring is 3. The van der Waals surface area contributed by atoms with Crippen LogP contribution in [0, 0.1) is 0 Å². The van der Waals surface area contributed by atoms with Crippen LogP contribution in [-0.2, 0) is 88.2 Å². The van der Waals surface area contributed by atoms with E-state index in [1.807, 2.05) is 18.2 Å². The van der Waals surface area contributed by atoms with Crippen molar-refractivity contribution in [2.45, 2.75) is 116 Å². The van der Waals surface area contributed by atoms with Crippen LogP contribution in [0.25, 0.3) is 0 Å². The van der Waals surface area contributed by atoms with Crippen LogP contribution in [0.3, 0.4) is 0 Å². The summed E-state index contributed by atoms with van der Waals surface area (Å²) in [4.78, 5) is 40.0. The number of rotatable bonds is 9. The van der Waals surface area contributed by atoms with Crippen molar-refractivity contribution < 1.29 is 39.6 Å². The lowest BCUT2D eigenvalue weighted by atomic mass is 9.88. The van der Waals surface area contributed by atoms with Gasteiger partial charge in [0.1, 0.15) is 17.5 Å². The third-order valence-corrected chi connectivity index (χ3v) is 20.8. The van der Waals surface area contributed by atoms with Gasteiger partial charge in [-0.2, -0.15) is 42.3 Å². The molecule has 0 spiro atoms. The van der Waals surface area contributed by atoms with Crippen molar-refractivity contribution in [2.75, 3.05) is 91.2 Å². The van der Waals surface area contributed by atoms with E-state index in [1.165, 1.54) is 62.4 Å². The van der Waals surface area contributed by atoms with Crippen LogP contribution in [0.4, 0.5) is 34.5 Å². The van der Waals surface area contributed by atoms with Gasteiger partial charge in [-0.15, -0.1) is 0 Å². The highest BCUT2D eigenvalue weighted by molar-refractivity contribution is 7.88. The highest BCUT2D eigenvalue weighted by atomic mass is 32.2. The Morgan fingerprint density at radius 2 is 0.726 bits per heavy atom. The SMILES string of the molecule is CCc1ccc2c(c1)C(C(=O)n1nc3c(c1N)CCN(S(C)(=O)=O)C3)CCN2.CCc1ccc2c(c1)[C@@H](C(=O)n1nc3c(c1N)CCN(S(C)(=O)=O)C3)CCN2.CCc1ccc2c(c1)[C@H](C(=O)n1nc3c(c1N)CCN(S(C)(=O)=O)C3)CCN2. The molecule has 0 amide bonds. The number of benzene rings is 3. The zero-order valence-electron chi connectivity index (χ0n) is 48.3.